The second-order valence-corrected chi connectivity index (χ2v) is 2.72. The van der Waals surface area contributed by atoms with Crippen LogP contribution in [-0.2, 0) is 14.4 Å². The van der Waals surface area contributed by atoms with E-state index in [1.165, 1.54) is 12.0 Å². The van der Waals surface area contributed by atoms with Gasteiger partial charge in [-0.25, -0.2) is 0 Å². The van der Waals surface area contributed by atoms with Gasteiger partial charge in [-0.05, 0) is 12.8 Å². The SMILES string of the molecule is CC(=O)ON1CCCC1C(=O)O. The van der Waals surface area contributed by atoms with Crippen molar-refractivity contribution < 1.29 is 19.5 Å². The zero-order valence-electron chi connectivity index (χ0n) is 6.82. The Balaban J connectivity index is 2.52. The van der Waals surface area contributed by atoms with Gasteiger partial charge < -0.3 is 9.94 Å². The molecule has 0 saturated carbocycles. The molecule has 0 aromatic rings. The van der Waals surface area contributed by atoms with Gasteiger partial charge in [0.05, 0.1) is 0 Å². The standard InChI is InChI=1S/C7H11NO4/c1-5(9)12-8-4-2-3-6(8)7(10)11/h6H,2-4H2,1H3,(H,10,11). The van der Waals surface area contributed by atoms with Crippen LogP contribution in [0.5, 0.6) is 0 Å². The molecule has 1 aliphatic heterocycles. The van der Waals surface area contributed by atoms with Gasteiger partial charge in [0.1, 0.15) is 6.04 Å². The van der Waals surface area contributed by atoms with Gasteiger partial charge in [0.2, 0.25) is 0 Å². The third kappa shape index (κ3) is 1.94. The molecule has 1 unspecified atom stereocenters. The molecule has 0 radical (unpaired) electrons. The number of nitrogens with zero attached hydrogens (tertiary/aromatic N) is 1. The van der Waals surface area contributed by atoms with Gasteiger partial charge in [-0.2, -0.15) is 0 Å². The normalized spacial score (nSPS) is 23.9. The van der Waals surface area contributed by atoms with E-state index in [9.17, 15) is 9.59 Å². The molecule has 1 heterocycles. The van der Waals surface area contributed by atoms with Gasteiger partial charge in [0.15, 0.2) is 0 Å². The van der Waals surface area contributed by atoms with Crippen molar-refractivity contribution in [3.63, 3.8) is 0 Å². The fourth-order valence-electron chi connectivity index (χ4n) is 1.26. The number of hydroxylamine groups is 2. The van der Waals surface area contributed by atoms with Crippen molar-refractivity contribution in [2.24, 2.45) is 0 Å². The summed E-state index contributed by atoms with van der Waals surface area (Å²) in [5.41, 5.74) is 0. The minimum absolute atomic E-state index is 0.469. The second-order valence-electron chi connectivity index (χ2n) is 2.72. The van der Waals surface area contributed by atoms with Crippen LogP contribution in [-0.4, -0.2) is 34.7 Å². The number of hydrogen-bond donors (Lipinski definition) is 1. The maximum atomic E-state index is 10.6. The average molecular weight is 173 g/mol. The summed E-state index contributed by atoms with van der Waals surface area (Å²) in [5.74, 6) is -1.41. The number of carbonyl (C=O) groups excluding carboxylic acids is 1. The maximum absolute atomic E-state index is 10.6. The molecule has 1 aliphatic rings. The lowest BCUT2D eigenvalue weighted by Crippen LogP contribution is -2.37. The summed E-state index contributed by atoms with van der Waals surface area (Å²) in [7, 11) is 0. The molecule has 12 heavy (non-hydrogen) atoms. The first-order valence-electron chi connectivity index (χ1n) is 3.79. The monoisotopic (exact) mass is 173 g/mol. The van der Waals surface area contributed by atoms with E-state index >= 15 is 0 Å². The van der Waals surface area contributed by atoms with Gasteiger partial charge >= 0.3 is 11.9 Å². The molecule has 5 heteroatoms. The van der Waals surface area contributed by atoms with Crippen molar-refractivity contribution in [3.05, 3.63) is 0 Å². The Morgan fingerprint density at radius 3 is 2.75 bits per heavy atom. The number of aliphatic carboxylic acids is 1. The first-order valence-corrected chi connectivity index (χ1v) is 3.79. The molecule has 68 valence electrons. The molecule has 0 amide bonds. The first kappa shape index (κ1) is 8.99. The van der Waals surface area contributed by atoms with E-state index < -0.39 is 18.0 Å². The Labute approximate surface area is 69.9 Å². The predicted octanol–water partition coefficient (Wildman–Crippen LogP) is 0.0135. The van der Waals surface area contributed by atoms with Crippen molar-refractivity contribution in [3.8, 4) is 0 Å². The zero-order chi connectivity index (χ0) is 9.14. The van der Waals surface area contributed by atoms with Crippen molar-refractivity contribution in [1.29, 1.82) is 0 Å². The van der Waals surface area contributed by atoms with Crippen LogP contribution in [0.4, 0.5) is 0 Å². The second kappa shape index (κ2) is 3.53. The highest BCUT2D eigenvalue weighted by Gasteiger charge is 2.32. The summed E-state index contributed by atoms with van der Waals surface area (Å²) in [6, 6.07) is -0.658. The van der Waals surface area contributed by atoms with E-state index in [2.05, 4.69) is 0 Å². The molecule has 0 aromatic carbocycles. The van der Waals surface area contributed by atoms with Crippen LogP contribution in [0.1, 0.15) is 19.8 Å². The van der Waals surface area contributed by atoms with E-state index in [1.54, 1.807) is 0 Å². The highest BCUT2D eigenvalue weighted by molar-refractivity contribution is 5.74. The van der Waals surface area contributed by atoms with Crippen LogP contribution >= 0.6 is 0 Å². The van der Waals surface area contributed by atoms with Crippen LogP contribution < -0.4 is 0 Å². The molecule has 1 saturated heterocycles. The van der Waals surface area contributed by atoms with Gasteiger partial charge in [0, 0.05) is 13.5 Å². The van der Waals surface area contributed by atoms with E-state index in [0.717, 1.165) is 6.42 Å². The molecule has 5 nitrogen and oxygen atoms in total. The predicted molar refractivity (Wildman–Crippen MR) is 39.1 cm³/mol. The number of carboxylic acid groups (broad SMARTS) is 1. The number of carbonyl (C=O) groups is 2. The number of carboxylic acids is 1. The Kier molecular flexibility index (Phi) is 2.65. The quantitative estimate of drug-likeness (QED) is 0.637. The summed E-state index contributed by atoms with van der Waals surface area (Å²) < 4.78 is 0. The van der Waals surface area contributed by atoms with Crippen molar-refractivity contribution >= 4 is 11.9 Å². The van der Waals surface area contributed by atoms with Crippen molar-refractivity contribution in [1.82, 2.24) is 5.06 Å². The van der Waals surface area contributed by atoms with E-state index in [4.69, 9.17) is 9.94 Å². The molecule has 1 N–H and O–H groups in total. The third-order valence-electron chi connectivity index (χ3n) is 1.73. The van der Waals surface area contributed by atoms with Crippen LogP contribution in [0.15, 0.2) is 0 Å². The molecule has 0 spiro atoms. The summed E-state index contributed by atoms with van der Waals surface area (Å²) in [5, 5.41) is 9.89. The van der Waals surface area contributed by atoms with Crippen LogP contribution in [0, 0.1) is 0 Å². The lowest BCUT2D eigenvalue weighted by Gasteiger charge is -2.18. The zero-order valence-corrected chi connectivity index (χ0v) is 6.82. The minimum atomic E-state index is -0.936. The largest absolute Gasteiger partial charge is 0.480 e. The molecular formula is C7H11NO4. The van der Waals surface area contributed by atoms with Crippen LogP contribution in [0.25, 0.3) is 0 Å². The lowest BCUT2D eigenvalue weighted by atomic mass is 10.2. The van der Waals surface area contributed by atoms with Crippen molar-refractivity contribution in [2.45, 2.75) is 25.8 Å². The lowest BCUT2D eigenvalue weighted by molar-refractivity contribution is -0.196. The van der Waals surface area contributed by atoms with Crippen LogP contribution in [0.3, 0.4) is 0 Å². The fourth-order valence-corrected chi connectivity index (χ4v) is 1.26. The topological polar surface area (TPSA) is 66.8 Å². The number of hydrogen-bond acceptors (Lipinski definition) is 4. The molecule has 1 atom stereocenters. The van der Waals surface area contributed by atoms with Gasteiger partial charge in [-0.15, -0.1) is 5.06 Å². The Hall–Kier alpha value is -1.10. The molecule has 0 aromatic heterocycles. The highest BCUT2D eigenvalue weighted by atomic mass is 16.7. The Morgan fingerprint density at radius 2 is 2.25 bits per heavy atom. The third-order valence-corrected chi connectivity index (χ3v) is 1.73. The van der Waals surface area contributed by atoms with Crippen molar-refractivity contribution in [2.75, 3.05) is 6.54 Å². The van der Waals surface area contributed by atoms with E-state index in [1.807, 2.05) is 0 Å². The van der Waals surface area contributed by atoms with Gasteiger partial charge in [-0.3, -0.25) is 9.59 Å². The minimum Gasteiger partial charge on any atom is -0.480 e. The molecule has 0 aliphatic carbocycles. The van der Waals surface area contributed by atoms with Crippen LogP contribution in [0.2, 0.25) is 0 Å². The molecule has 0 bridgehead atoms. The first-order chi connectivity index (χ1) is 5.61. The summed E-state index contributed by atoms with van der Waals surface area (Å²) >= 11 is 0. The van der Waals surface area contributed by atoms with E-state index in [-0.39, 0.29) is 0 Å². The maximum Gasteiger partial charge on any atom is 0.324 e. The smallest absolute Gasteiger partial charge is 0.324 e. The fraction of sp³-hybridized carbons (Fsp3) is 0.714. The van der Waals surface area contributed by atoms with Gasteiger partial charge in [-0.1, -0.05) is 0 Å². The number of rotatable bonds is 2. The average Bonchev–Trinajstić information content (AvgIpc) is 2.33. The summed E-state index contributed by atoms with van der Waals surface area (Å²) in [6.45, 7) is 1.77. The Bertz CT molecular complexity index is 204. The Morgan fingerprint density at radius 1 is 1.58 bits per heavy atom. The van der Waals surface area contributed by atoms with E-state index in [0.29, 0.717) is 13.0 Å². The summed E-state index contributed by atoms with van der Waals surface area (Å²) in [4.78, 5) is 25.8. The highest BCUT2D eigenvalue weighted by Crippen LogP contribution is 2.17. The van der Waals surface area contributed by atoms with Gasteiger partial charge in [0.25, 0.3) is 0 Å². The molecule has 1 fully saturated rings. The molecule has 1 rings (SSSR count). The summed E-state index contributed by atoms with van der Waals surface area (Å²) in [6.07, 6.45) is 1.30. The molecular weight excluding hydrogens is 162 g/mol.